The van der Waals surface area contributed by atoms with E-state index in [1.54, 1.807) is 24.1 Å². The monoisotopic (exact) mass is 507 g/mol. The van der Waals surface area contributed by atoms with Crippen molar-refractivity contribution in [2.45, 2.75) is 84.0 Å². The molecule has 0 saturated carbocycles. The summed E-state index contributed by atoms with van der Waals surface area (Å²) < 4.78 is 2.33. The summed E-state index contributed by atoms with van der Waals surface area (Å²) in [5.74, 6) is -1.08. The molecule has 35 heavy (non-hydrogen) atoms. The maximum Gasteiger partial charge on any atom is 0.251 e. The Morgan fingerprint density at radius 1 is 0.943 bits per heavy atom. The molecule has 4 atom stereocenters. The predicted molar refractivity (Wildman–Crippen MR) is 142 cm³/mol. The zero-order valence-electron chi connectivity index (χ0n) is 22.2. The van der Waals surface area contributed by atoms with Gasteiger partial charge in [0.1, 0.15) is 6.10 Å². The summed E-state index contributed by atoms with van der Waals surface area (Å²) in [7, 11) is 0. The Balaban J connectivity index is 2.09. The third kappa shape index (κ3) is 9.41. The maximum atomic E-state index is 13.0. The second-order valence-corrected chi connectivity index (χ2v) is 12.0. The van der Waals surface area contributed by atoms with Gasteiger partial charge in [-0.25, -0.2) is 4.31 Å². The molecule has 0 unspecified atom stereocenters. The van der Waals surface area contributed by atoms with Gasteiger partial charge in [0.25, 0.3) is 5.91 Å². The summed E-state index contributed by atoms with van der Waals surface area (Å²) >= 11 is 1.71. The van der Waals surface area contributed by atoms with Crippen LogP contribution in [0.5, 0.6) is 0 Å². The topological polar surface area (TPSA) is 102 Å². The van der Waals surface area contributed by atoms with Gasteiger partial charge in [-0.3, -0.25) is 9.59 Å². The summed E-state index contributed by atoms with van der Waals surface area (Å²) in [6.07, 6.45) is 0.339. The molecule has 0 bridgehead atoms. The smallest absolute Gasteiger partial charge is 0.251 e. The van der Waals surface area contributed by atoms with Gasteiger partial charge in [-0.1, -0.05) is 41.5 Å². The SMILES string of the molecule is CC(C)CNC(=O)[C@H](C(C)C)[C@@H](O)[C@H](O)[C@H](CC(C)C)NC(=O)c1ccc(SN2CCCC2)cc1. The molecule has 1 aliphatic rings. The van der Waals surface area contributed by atoms with Crippen LogP contribution in [0.1, 0.15) is 71.2 Å². The lowest BCUT2D eigenvalue weighted by Crippen LogP contribution is -2.54. The molecule has 2 amide bonds. The number of hydrogen-bond donors (Lipinski definition) is 4. The summed E-state index contributed by atoms with van der Waals surface area (Å²) in [5.41, 5.74) is 0.501. The van der Waals surface area contributed by atoms with E-state index in [-0.39, 0.29) is 29.6 Å². The number of hydrogen-bond acceptors (Lipinski definition) is 6. The Kier molecular flexibility index (Phi) is 12.0. The zero-order valence-corrected chi connectivity index (χ0v) is 23.0. The van der Waals surface area contributed by atoms with Crippen LogP contribution >= 0.6 is 11.9 Å². The maximum absolute atomic E-state index is 13.0. The summed E-state index contributed by atoms with van der Waals surface area (Å²) in [6.45, 7) is 14.4. The van der Waals surface area contributed by atoms with Crippen molar-refractivity contribution in [2.75, 3.05) is 19.6 Å². The van der Waals surface area contributed by atoms with Crippen molar-refractivity contribution in [3.8, 4) is 0 Å². The summed E-state index contributed by atoms with van der Waals surface area (Å²) in [4.78, 5) is 26.9. The highest BCUT2D eigenvalue weighted by Crippen LogP contribution is 2.27. The molecule has 0 aromatic heterocycles. The molecule has 0 radical (unpaired) electrons. The predicted octanol–water partition coefficient (Wildman–Crippen LogP) is 3.70. The first-order valence-corrected chi connectivity index (χ1v) is 13.7. The molecule has 8 heteroatoms. The van der Waals surface area contributed by atoms with E-state index in [2.05, 4.69) is 14.9 Å². The van der Waals surface area contributed by atoms with Gasteiger partial charge in [-0.2, -0.15) is 0 Å². The fourth-order valence-corrected chi connectivity index (χ4v) is 5.36. The summed E-state index contributed by atoms with van der Waals surface area (Å²) in [5, 5.41) is 28.0. The zero-order chi connectivity index (χ0) is 26.1. The molecule has 2 rings (SSSR count). The van der Waals surface area contributed by atoms with E-state index in [9.17, 15) is 19.8 Å². The van der Waals surface area contributed by atoms with Crippen molar-refractivity contribution in [1.82, 2.24) is 14.9 Å². The van der Waals surface area contributed by atoms with E-state index in [0.29, 0.717) is 18.5 Å². The van der Waals surface area contributed by atoms with Gasteiger partial charge >= 0.3 is 0 Å². The third-order valence-electron chi connectivity index (χ3n) is 6.29. The minimum absolute atomic E-state index is 0.175. The highest BCUT2D eigenvalue weighted by atomic mass is 32.2. The van der Waals surface area contributed by atoms with Gasteiger partial charge in [0.2, 0.25) is 5.91 Å². The van der Waals surface area contributed by atoms with Crippen molar-refractivity contribution in [2.24, 2.45) is 23.7 Å². The van der Waals surface area contributed by atoms with Crippen LogP contribution in [0.2, 0.25) is 0 Å². The second-order valence-electron chi connectivity index (χ2n) is 10.9. The Hall–Kier alpha value is -1.61. The standard InChI is InChI=1S/C27H45N3O4S/c1-17(2)15-22(24(31)25(32)23(19(5)6)27(34)28-16-18(3)4)29-26(33)20-9-11-21(12-10-20)35-30-13-7-8-14-30/h9-12,17-19,22-25,31-32H,7-8,13-16H2,1-6H3,(H,28,34)(H,29,33)/t22-,23+,24+,25+/m0/s1. The van der Waals surface area contributed by atoms with Crippen molar-refractivity contribution in [3.05, 3.63) is 29.8 Å². The van der Waals surface area contributed by atoms with Gasteiger partial charge < -0.3 is 20.8 Å². The molecule has 1 aliphatic heterocycles. The molecule has 7 nitrogen and oxygen atoms in total. The average molecular weight is 508 g/mol. The van der Waals surface area contributed by atoms with Crippen LogP contribution in [-0.4, -0.2) is 64.2 Å². The Morgan fingerprint density at radius 3 is 2.06 bits per heavy atom. The number of nitrogens with one attached hydrogen (secondary N) is 2. The molecule has 0 spiro atoms. The van der Waals surface area contributed by atoms with E-state index >= 15 is 0 Å². The van der Waals surface area contributed by atoms with Crippen molar-refractivity contribution < 1.29 is 19.8 Å². The van der Waals surface area contributed by atoms with Crippen LogP contribution in [0.15, 0.2) is 29.2 Å². The quantitative estimate of drug-likeness (QED) is 0.304. The van der Waals surface area contributed by atoms with Crippen LogP contribution < -0.4 is 10.6 Å². The number of rotatable bonds is 13. The molecule has 198 valence electrons. The fraction of sp³-hybridized carbons (Fsp3) is 0.704. The molecular formula is C27H45N3O4S. The Morgan fingerprint density at radius 2 is 1.54 bits per heavy atom. The Bertz CT molecular complexity index is 794. The molecule has 1 aromatic carbocycles. The fourth-order valence-electron chi connectivity index (χ4n) is 4.36. The van der Waals surface area contributed by atoms with Crippen LogP contribution in [-0.2, 0) is 4.79 Å². The number of aliphatic hydroxyl groups is 2. The molecule has 4 N–H and O–H groups in total. The number of carbonyl (C=O) groups is 2. The number of benzene rings is 1. The largest absolute Gasteiger partial charge is 0.390 e. The lowest BCUT2D eigenvalue weighted by Gasteiger charge is -2.34. The van der Waals surface area contributed by atoms with Gasteiger partial charge in [0.05, 0.1) is 18.1 Å². The van der Waals surface area contributed by atoms with E-state index in [0.717, 1.165) is 18.0 Å². The third-order valence-corrected chi connectivity index (χ3v) is 7.40. The number of carbonyl (C=O) groups excluding carboxylic acids is 2. The number of nitrogens with zero attached hydrogens (tertiary/aromatic N) is 1. The first-order valence-electron chi connectivity index (χ1n) is 13.0. The van der Waals surface area contributed by atoms with Crippen LogP contribution in [0, 0.1) is 23.7 Å². The highest BCUT2D eigenvalue weighted by Gasteiger charge is 2.38. The van der Waals surface area contributed by atoms with Gasteiger partial charge in [0, 0.05) is 30.1 Å². The molecule has 1 saturated heterocycles. The lowest BCUT2D eigenvalue weighted by molar-refractivity contribution is -0.136. The molecular weight excluding hydrogens is 462 g/mol. The minimum atomic E-state index is -1.30. The molecule has 1 fully saturated rings. The van der Waals surface area contributed by atoms with Crippen molar-refractivity contribution >= 4 is 23.8 Å². The lowest BCUT2D eigenvalue weighted by atomic mass is 9.83. The normalized spacial score (nSPS) is 18.0. The Labute approximate surface area is 215 Å². The molecule has 0 aliphatic carbocycles. The highest BCUT2D eigenvalue weighted by molar-refractivity contribution is 7.97. The van der Waals surface area contributed by atoms with Crippen LogP contribution in [0.3, 0.4) is 0 Å². The van der Waals surface area contributed by atoms with E-state index < -0.39 is 24.2 Å². The van der Waals surface area contributed by atoms with Crippen molar-refractivity contribution in [1.29, 1.82) is 0 Å². The first-order chi connectivity index (χ1) is 16.5. The van der Waals surface area contributed by atoms with Crippen molar-refractivity contribution in [3.63, 3.8) is 0 Å². The number of aliphatic hydroxyl groups excluding tert-OH is 2. The van der Waals surface area contributed by atoms with Crippen LogP contribution in [0.4, 0.5) is 0 Å². The second kappa shape index (κ2) is 14.2. The first kappa shape index (κ1) is 29.6. The van der Waals surface area contributed by atoms with E-state index in [1.807, 2.05) is 53.7 Å². The summed E-state index contributed by atoms with van der Waals surface area (Å²) in [6, 6.07) is 6.77. The van der Waals surface area contributed by atoms with Gasteiger partial charge in [-0.15, -0.1) is 0 Å². The number of amides is 2. The molecule has 1 aromatic rings. The molecule has 1 heterocycles. The minimum Gasteiger partial charge on any atom is -0.390 e. The van der Waals surface area contributed by atoms with Gasteiger partial charge in [0.15, 0.2) is 0 Å². The van der Waals surface area contributed by atoms with E-state index in [1.165, 1.54) is 12.8 Å². The average Bonchev–Trinajstić information content (AvgIpc) is 3.29. The van der Waals surface area contributed by atoms with Crippen LogP contribution in [0.25, 0.3) is 0 Å². The van der Waals surface area contributed by atoms with Gasteiger partial charge in [-0.05, 0) is 73.2 Å². The van der Waals surface area contributed by atoms with E-state index in [4.69, 9.17) is 0 Å².